The second-order valence-electron chi connectivity index (χ2n) is 9.46. The van der Waals surface area contributed by atoms with Gasteiger partial charge in [0.1, 0.15) is 0 Å². The van der Waals surface area contributed by atoms with E-state index in [1.807, 2.05) is 74.5 Å². The average molecular weight is 551 g/mol. The number of halogens is 1. The van der Waals surface area contributed by atoms with Gasteiger partial charge < -0.3 is 15.5 Å². The van der Waals surface area contributed by atoms with Gasteiger partial charge in [0.2, 0.25) is 6.17 Å². The summed E-state index contributed by atoms with van der Waals surface area (Å²) >= 11 is 6.30. The maximum atomic E-state index is 14.1. The Morgan fingerprint density at radius 2 is 1.52 bits per heavy atom. The van der Waals surface area contributed by atoms with Crippen molar-refractivity contribution >= 4 is 46.4 Å². The molecule has 4 aromatic rings. The Kier molecular flexibility index (Phi) is 7.75. The van der Waals surface area contributed by atoms with Crippen LogP contribution in [0, 0.1) is 13.8 Å². The number of Topliss-reactive ketones (excluding diaryl/α,β-unsaturated/α-hetero) is 1. The molecule has 0 radical (unpaired) electrons. The first-order valence-electron chi connectivity index (χ1n) is 12.8. The molecule has 40 heavy (non-hydrogen) atoms. The summed E-state index contributed by atoms with van der Waals surface area (Å²) in [5.41, 5.74) is 5.03. The van der Waals surface area contributed by atoms with Gasteiger partial charge in [-0.3, -0.25) is 9.59 Å². The fourth-order valence-corrected chi connectivity index (χ4v) is 4.96. The lowest BCUT2D eigenvalue weighted by Gasteiger charge is -2.25. The third-order valence-electron chi connectivity index (χ3n) is 6.73. The number of hydrogen-bond acceptors (Lipinski definition) is 4. The summed E-state index contributed by atoms with van der Waals surface area (Å²) in [7, 11) is 0. The highest BCUT2D eigenvalue weighted by Gasteiger charge is 2.34. The second kappa shape index (κ2) is 11.6. The third kappa shape index (κ3) is 5.51. The summed E-state index contributed by atoms with van der Waals surface area (Å²) in [5, 5.41) is 5.81. The van der Waals surface area contributed by atoms with Crippen molar-refractivity contribution in [3.8, 4) is 0 Å². The van der Waals surface area contributed by atoms with Crippen molar-refractivity contribution in [2.75, 3.05) is 16.8 Å². The van der Waals surface area contributed by atoms with E-state index in [1.165, 1.54) is 4.90 Å². The van der Waals surface area contributed by atoms with E-state index in [4.69, 9.17) is 16.6 Å². The molecule has 7 nitrogen and oxygen atoms in total. The lowest BCUT2D eigenvalue weighted by molar-refractivity contribution is -0.120. The van der Waals surface area contributed by atoms with E-state index in [-0.39, 0.29) is 12.3 Å². The quantitative estimate of drug-likeness (QED) is 0.281. The van der Waals surface area contributed by atoms with Gasteiger partial charge in [-0.25, -0.2) is 9.79 Å². The number of carbonyl (C=O) groups excluding carboxylic acids is 3. The topological polar surface area (TPSA) is 90.9 Å². The van der Waals surface area contributed by atoms with Crippen LogP contribution in [0.2, 0.25) is 5.02 Å². The zero-order valence-corrected chi connectivity index (χ0v) is 22.8. The fraction of sp³-hybridized carbons (Fsp3) is 0.125. The smallest absolute Gasteiger partial charge is 0.308 e. The number of benzodiazepines with no additional fused rings is 1. The first-order chi connectivity index (χ1) is 19.3. The lowest BCUT2D eigenvalue weighted by Crippen LogP contribution is -2.50. The zero-order chi connectivity index (χ0) is 28.2. The molecule has 200 valence electrons. The summed E-state index contributed by atoms with van der Waals surface area (Å²) in [6.45, 7) is 3.45. The number of nitrogens with one attached hydrogen (secondary N) is 2. The number of anilines is 2. The number of para-hydroxylation sites is 2. The molecule has 0 aliphatic carbocycles. The van der Waals surface area contributed by atoms with Crippen LogP contribution in [0.1, 0.15) is 32.6 Å². The van der Waals surface area contributed by atoms with Gasteiger partial charge in [0.25, 0.3) is 5.91 Å². The normalized spacial score (nSPS) is 14.6. The SMILES string of the molecule is Cc1ccccc1C(=O)CN1C(=O)[C@H](NC(=O)Nc2c(C)cccc2Cl)N=C(c2ccccc2)c2ccccc21. The fourth-order valence-electron chi connectivity index (χ4n) is 4.69. The molecular weight excluding hydrogens is 524 g/mol. The van der Waals surface area contributed by atoms with E-state index in [1.54, 1.807) is 36.4 Å². The first kappa shape index (κ1) is 26.8. The van der Waals surface area contributed by atoms with Crippen molar-refractivity contribution in [3.05, 3.63) is 130 Å². The molecule has 0 saturated carbocycles. The highest BCUT2D eigenvalue weighted by molar-refractivity contribution is 6.34. The molecule has 5 rings (SSSR count). The van der Waals surface area contributed by atoms with Crippen molar-refractivity contribution in [1.82, 2.24) is 5.32 Å². The Hall–Kier alpha value is -4.75. The lowest BCUT2D eigenvalue weighted by atomic mass is 9.99. The molecule has 0 saturated heterocycles. The number of benzene rings is 4. The van der Waals surface area contributed by atoms with Crippen LogP contribution in [0.4, 0.5) is 16.2 Å². The zero-order valence-electron chi connectivity index (χ0n) is 22.0. The molecule has 1 aliphatic rings. The summed E-state index contributed by atoms with van der Waals surface area (Å²) in [6, 6.07) is 28.6. The number of nitrogens with zero attached hydrogens (tertiary/aromatic N) is 2. The maximum absolute atomic E-state index is 14.1. The largest absolute Gasteiger partial charge is 0.321 e. The van der Waals surface area contributed by atoms with E-state index in [2.05, 4.69) is 10.6 Å². The van der Waals surface area contributed by atoms with Crippen molar-refractivity contribution in [3.63, 3.8) is 0 Å². The number of carbonyl (C=O) groups is 3. The standard InChI is InChI=1S/C32H27ClN4O3/c1-20-11-6-7-15-23(20)27(38)19-37-26-18-9-8-16-24(26)29(22-13-4-3-5-14-22)34-30(31(37)39)36-32(40)35-28-21(2)12-10-17-25(28)33/h3-18,30H,19H2,1-2H3,(H2,35,36,40)/t30-/m0/s1. The van der Waals surface area contributed by atoms with E-state index in [9.17, 15) is 14.4 Å². The van der Waals surface area contributed by atoms with Crippen LogP contribution in [0.5, 0.6) is 0 Å². The number of hydrogen-bond donors (Lipinski definition) is 2. The molecule has 1 atom stereocenters. The highest BCUT2D eigenvalue weighted by atomic mass is 35.5. The summed E-state index contributed by atoms with van der Waals surface area (Å²) < 4.78 is 0. The predicted octanol–water partition coefficient (Wildman–Crippen LogP) is 6.17. The van der Waals surface area contributed by atoms with Gasteiger partial charge in [-0.05, 0) is 37.1 Å². The minimum absolute atomic E-state index is 0.221. The molecule has 0 unspecified atom stereocenters. The number of aryl methyl sites for hydroxylation is 2. The summed E-state index contributed by atoms with van der Waals surface area (Å²) in [4.78, 5) is 46.8. The Morgan fingerprint density at radius 1 is 0.850 bits per heavy atom. The molecule has 0 fully saturated rings. The maximum Gasteiger partial charge on any atom is 0.321 e. The van der Waals surface area contributed by atoms with E-state index < -0.39 is 18.1 Å². The monoisotopic (exact) mass is 550 g/mol. The van der Waals surface area contributed by atoms with Crippen LogP contribution >= 0.6 is 11.6 Å². The molecule has 2 N–H and O–H groups in total. The Morgan fingerprint density at radius 3 is 2.27 bits per heavy atom. The van der Waals surface area contributed by atoms with Crippen LogP contribution < -0.4 is 15.5 Å². The van der Waals surface area contributed by atoms with Crippen molar-refractivity contribution in [2.45, 2.75) is 20.0 Å². The molecule has 1 aliphatic heterocycles. The molecule has 0 aromatic heterocycles. The van der Waals surface area contributed by atoms with Crippen LogP contribution in [0.3, 0.4) is 0 Å². The van der Waals surface area contributed by atoms with Crippen LogP contribution in [0.25, 0.3) is 0 Å². The Bertz CT molecular complexity index is 1610. The number of fused-ring (bicyclic) bond motifs is 1. The van der Waals surface area contributed by atoms with Gasteiger partial charge in [-0.2, -0.15) is 0 Å². The van der Waals surface area contributed by atoms with Gasteiger partial charge >= 0.3 is 6.03 Å². The van der Waals surface area contributed by atoms with Crippen molar-refractivity contribution in [1.29, 1.82) is 0 Å². The second-order valence-corrected chi connectivity index (χ2v) is 9.86. The third-order valence-corrected chi connectivity index (χ3v) is 7.05. The predicted molar refractivity (Wildman–Crippen MR) is 159 cm³/mol. The van der Waals surface area contributed by atoms with E-state index >= 15 is 0 Å². The van der Waals surface area contributed by atoms with Crippen LogP contribution in [-0.2, 0) is 4.79 Å². The van der Waals surface area contributed by atoms with Gasteiger partial charge in [0.15, 0.2) is 5.78 Å². The number of amides is 3. The number of ketones is 1. The summed E-state index contributed by atoms with van der Waals surface area (Å²) in [5.74, 6) is -0.759. The van der Waals surface area contributed by atoms with Gasteiger partial charge in [0.05, 0.1) is 28.7 Å². The minimum atomic E-state index is -1.31. The van der Waals surface area contributed by atoms with Crippen molar-refractivity contribution in [2.24, 2.45) is 4.99 Å². The molecule has 3 amide bonds. The number of aliphatic imine (C=N–C) groups is 1. The van der Waals surface area contributed by atoms with Gasteiger partial charge in [-0.1, -0.05) is 96.5 Å². The molecule has 0 bridgehead atoms. The molecule has 1 heterocycles. The van der Waals surface area contributed by atoms with Gasteiger partial charge in [-0.15, -0.1) is 0 Å². The molecule has 4 aromatic carbocycles. The number of urea groups is 1. The number of rotatable bonds is 6. The van der Waals surface area contributed by atoms with E-state index in [0.717, 1.165) is 16.7 Å². The van der Waals surface area contributed by atoms with Gasteiger partial charge in [0, 0.05) is 16.7 Å². The molecule has 0 spiro atoms. The average Bonchev–Trinajstić information content (AvgIpc) is 3.06. The first-order valence-corrected chi connectivity index (χ1v) is 13.2. The Balaban J connectivity index is 1.55. The minimum Gasteiger partial charge on any atom is -0.308 e. The summed E-state index contributed by atoms with van der Waals surface area (Å²) in [6.07, 6.45) is -1.31. The van der Waals surface area contributed by atoms with E-state index in [0.29, 0.717) is 33.2 Å². The highest BCUT2D eigenvalue weighted by Crippen LogP contribution is 2.29. The van der Waals surface area contributed by atoms with Crippen LogP contribution in [-0.4, -0.2) is 36.1 Å². The Labute approximate surface area is 237 Å². The van der Waals surface area contributed by atoms with Crippen LogP contribution in [0.15, 0.2) is 102 Å². The molecule has 8 heteroatoms. The van der Waals surface area contributed by atoms with Crippen molar-refractivity contribution < 1.29 is 14.4 Å². The molecular formula is C32H27ClN4O3.